The first-order chi connectivity index (χ1) is 17.1. The van der Waals surface area contributed by atoms with Crippen LogP contribution in [-0.4, -0.2) is 45.3 Å². The van der Waals surface area contributed by atoms with Crippen molar-refractivity contribution in [3.8, 4) is 5.75 Å². The average molecular weight is 468 g/mol. The van der Waals surface area contributed by atoms with Gasteiger partial charge in [-0.1, -0.05) is 36.4 Å². The molecule has 0 aliphatic carbocycles. The zero-order valence-electron chi connectivity index (χ0n) is 19.3. The van der Waals surface area contributed by atoms with Gasteiger partial charge in [-0.15, -0.1) is 0 Å². The van der Waals surface area contributed by atoms with Gasteiger partial charge in [-0.2, -0.15) is 0 Å². The number of H-pyrrole nitrogens is 1. The van der Waals surface area contributed by atoms with Gasteiger partial charge in [0.15, 0.2) is 11.5 Å². The first-order valence-corrected chi connectivity index (χ1v) is 11.4. The van der Waals surface area contributed by atoms with Crippen LogP contribution < -0.4 is 4.74 Å². The van der Waals surface area contributed by atoms with Crippen LogP contribution in [0.25, 0.3) is 10.9 Å². The van der Waals surface area contributed by atoms with E-state index in [-0.39, 0.29) is 17.8 Å². The number of benzene rings is 2. The zero-order valence-corrected chi connectivity index (χ0v) is 19.3. The van der Waals surface area contributed by atoms with Gasteiger partial charge in [-0.3, -0.25) is 14.6 Å². The Bertz CT molecular complexity index is 1410. The van der Waals surface area contributed by atoms with Gasteiger partial charge in [0.25, 0.3) is 5.91 Å². The Kier molecular flexibility index (Phi) is 6.06. The summed E-state index contributed by atoms with van der Waals surface area (Å²) in [6.07, 6.45) is 4.15. The second kappa shape index (κ2) is 9.46. The van der Waals surface area contributed by atoms with Crippen molar-refractivity contribution in [2.45, 2.75) is 18.9 Å². The van der Waals surface area contributed by atoms with Gasteiger partial charge >= 0.3 is 0 Å². The highest BCUT2D eigenvalue weighted by atomic mass is 16.5. The Morgan fingerprint density at radius 2 is 1.91 bits per heavy atom. The molecule has 1 amide bonds. The quantitative estimate of drug-likeness (QED) is 0.402. The molecule has 7 nitrogen and oxygen atoms in total. The summed E-state index contributed by atoms with van der Waals surface area (Å²) in [4.78, 5) is 35.7. The van der Waals surface area contributed by atoms with E-state index in [9.17, 15) is 14.7 Å². The van der Waals surface area contributed by atoms with E-state index < -0.39 is 17.7 Å². The molecule has 0 unspecified atom stereocenters. The van der Waals surface area contributed by atoms with Gasteiger partial charge in [-0.05, 0) is 47.9 Å². The van der Waals surface area contributed by atoms with E-state index in [0.29, 0.717) is 18.7 Å². The predicted octanol–water partition coefficient (Wildman–Crippen LogP) is 4.32. The number of carbonyl (C=O) groups excluding carboxylic acids is 2. The van der Waals surface area contributed by atoms with E-state index in [4.69, 9.17) is 4.74 Å². The molecule has 1 aliphatic rings. The highest BCUT2D eigenvalue weighted by Gasteiger charge is 2.43. The summed E-state index contributed by atoms with van der Waals surface area (Å²) in [5.74, 6) is -0.608. The highest BCUT2D eigenvalue weighted by Crippen LogP contribution is 2.37. The van der Waals surface area contributed by atoms with Gasteiger partial charge in [-0.25, -0.2) is 0 Å². The van der Waals surface area contributed by atoms with Gasteiger partial charge in [0.1, 0.15) is 11.8 Å². The molecule has 4 aromatic rings. The largest absolute Gasteiger partial charge is 0.503 e. The molecule has 0 radical (unpaired) electrons. The number of methoxy groups -OCH3 is 1. The minimum absolute atomic E-state index is 0.0902. The molecule has 176 valence electrons. The number of Topliss-reactive ketones (excluding diaryl/α,β-unsaturated/α-hetero) is 1. The smallest absolute Gasteiger partial charge is 0.290 e. The molecule has 3 heterocycles. The number of hydrogen-bond donors (Lipinski definition) is 2. The molecule has 2 aromatic heterocycles. The Balaban J connectivity index is 1.45. The molecule has 0 fully saturated rings. The molecule has 1 aliphatic heterocycles. The third kappa shape index (κ3) is 4.28. The number of amides is 1. The molecule has 7 heteroatoms. The van der Waals surface area contributed by atoms with Crippen molar-refractivity contribution < 1.29 is 19.4 Å². The van der Waals surface area contributed by atoms with Crippen molar-refractivity contribution >= 4 is 22.6 Å². The van der Waals surface area contributed by atoms with Crippen molar-refractivity contribution in [2.24, 2.45) is 0 Å². The van der Waals surface area contributed by atoms with Crippen molar-refractivity contribution in [2.75, 3.05) is 13.7 Å². The third-order valence-corrected chi connectivity index (χ3v) is 6.38. The van der Waals surface area contributed by atoms with Crippen LogP contribution in [0.3, 0.4) is 0 Å². The maximum Gasteiger partial charge on any atom is 0.290 e. The van der Waals surface area contributed by atoms with Crippen molar-refractivity contribution in [3.63, 3.8) is 0 Å². The highest BCUT2D eigenvalue weighted by molar-refractivity contribution is 6.09. The topological polar surface area (TPSA) is 95.5 Å². The molecule has 5 rings (SSSR count). The molecule has 0 bridgehead atoms. The molecule has 2 N–H and O–H groups in total. The monoisotopic (exact) mass is 467 g/mol. The predicted molar refractivity (Wildman–Crippen MR) is 132 cm³/mol. The van der Waals surface area contributed by atoms with Gasteiger partial charge < -0.3 is 19.7 Å². The number of aliphatic hydroxyl groups excluding tert-OH is 1. The van der Waals surface area contributed by atoms with Crippen LogP contribution in [-0.2, 0) is 22.4 Å². The number of pyridine rings is 1. The number of aromatic nitrogens is 2. The number of carbonyl (C=O) groups is 2. The maximum atomic E-state index is 13.3. The summed E-state index contributed by atoms with van der Waals surface area (Å²) in [5, 5.41) is 11.8. The molecule has 0 spiro atoms. The van der Waals surface area contributed by atoms with Crippen molar-refractivity contribution in [3.05, 3.63) is 107 Å². The van der Waals surface area contributed by atoms with Crippen LogP contribution in [0.2, 0.25) is 0 Å². The number of aliphatic hydroxyl groups is 1. The lowest BCUT2D eigenvalue weighted by molar-refractivity contribution is -0.129. The fourth-order valence-electron chi connectivity index (χ4n) is 4.62. The van der Waals surface area contributed by atoms with Gasteiger partial charge in [0.05, 0.1) is 18.4 Å². The normalized spacial score (nSPS) is 15.7. The number of ether oxygens (including phenoxy) is 1. The number of aromatic amines is 1. The minimum Gasteiger partial charge on any atom is -0.503 e. The summed E-state index contributed by atoms with van der Waals surface area (Å²) in [6, 6.07) is 19.7. The molecule has 35 heavy (non-hydrogen) atoms. The van der Waals surface area contributed by atoms with Crippen LogP contribution >= 0.6 is 0 Å². The third-order valence-electron chi connectivity index (χ3n) is 6.38. The Morgan fingerprint density at radius 1 is 1.11 bits per heavy atom. The molecular formula is C28H25N3O4. The Hall–Kier alpha value is -4.39. The lowest BCUT2D eigenvalue weighted by Gasteiger charge is -2.26. The number of hydrogen-bond acceptors (Lipinski definition) is 5. The van der Waals surface area contributed by atoms with Gasteiger partial charge in [0.2, 0.25) is 0 Å². The number of rotatable bonds is 8. The van der Waals surface area contributed by atoms with Crippen LogP contribution in [0.15, 0.2) is 90.5 Å². The Morgan fingerprint density at radius 3 is 2.66 bits per heavy atom. The average Bonchev–Trinajstić information content (AvgIpc) is 3.41. The van der Waals surface area contributed by atoms with Crippen LogP contribution in [0.1, 0.15) is 22.9 Å². The molecular weight excluding hydrogens is 442 g/mol. The standard InChI is InChI=1S/C28H25N3O4/c1-35-20-10-11-22-21(16-20)19(17-30-22)12-14-31-26(23-9-5-6-13-29-23)25(27(33)28(31)34)24(32)15-18-7-3-2-4-8-18/h2-11,13,16-17,26,30,33H,12,14-15H2,1H3/t26-/m1/s1. The number of fused-ring (bicyclic) bond motifs is 1. The second-order valence-corrected chi connectivity index (χ2v) is 8.48. The van der Waals surface area contributed by atoms with Gasteiger partial charge in [0, 0.05) is 36.3 Å². The van der Waals surface area contributed by atoms with E-state index in [1.165, 1.54) is 4.90 Å². The number of ketones is 1. The first kappa shape index (κ1) is 22.4. The van der Waals surface area contributed by atoms with E-state index >= 15 is 0 Å². The summed E-state index contributed by atoms with van der Waals surface area (Å²) in [7, 11) is 1.62. The maximum absolute atomic E-state index is 13.3. The lowest BCUT2D eigenvalue weighted by Crippen LogP contribution is -2.33. The molecule has 0 saturated heterocycles. The van der Waals surface area contributed by atoms with E-state index in [2.05, 4.69) is 9.97 Å². The molecule has 1 atom stereocenters. The Labute approximate surface area is 202 Å². The number of nitrogens with one attached hydrogen (secondary N) is 1. The van der Waals surface area contributed by atoms with Crippen LogP contribution in [0.4, 0.5) is 0 Å². The van der Waals surface area contributed by atoms with E-state index in [0.717, 1.165) is 27.8 Å². The molecule has 2 aromatic carbocycles. The van der Waals surface area contributed by atoms with E-state index in [1.807, 2.05) is 60.8 Å². The fraction of sp³-hybridized carbons (Fsp3) is 0.179. The summed E-state index contributed by atoms with van der Waals surface area (Å²) in [5.41, 5.74) is 3.43. The number of nitrogens with zero attached hydrogens (tertiary/aromatic N) is 2. The summed E-state index contributed by atoms with van der Waals surface area (Å²) >= 11 is 0. The van der Waals surface area contributed by atoms with Crippen molar-refractivity contribution in [1.29, 1.82) is 0 Å². The van der Waals surface area contributed by atoms with E-state index in [1.54, 1.807) is 25.4 Å². The van der Waals surface area contributed by atoms with Crippen LogP contribution in [0, 0.1) is 0 Å². The summed E-state index contributed by atoms with van der Waals surface area (Å²) in [6.45, 7) is 0.302. The summed E-state index contributed by atoms with van der Waals surface area (Å²) < 4.78 is 5.36. The SMILES string of the molecule is COc1ccc2[nH]cc(CCN3C(=O)C(O)=C(C(=O)Cc4ccccc4)[C@H]3c3ccccn3)c2c1. The minimum atomic E-state index is -0.750. The lowest BCUT2D eigenvalue weighted by atomic mass is 9.95. The van der Waals surface area contributed by atoms with Crippen molar-refractivity contribution in [1.82, 2.24) is 14.9 Å². The zero-order chi connectivity index (χ0) is 24.4. The second-order valence-electron chi connectivity index (χ2n) is 8.48. The van der Waals surface area contributed by atoms with Crippen LogP contribution in [0.5, 0.6) is 5.75 Å². The molecule has 0 saturated carbocycles. The first-order valence-electron chi connectivity index (χ1n) is 11.4. The fourth-order valence-corrected chi connectivity index (χ4v) is 4.62.